The molecule has 6 nitrogen and oxygen atoms in total. The van der Waals surface area contributed by atoms with E-state index >= 15 is 0 Å². The standard InChI is InChI=1S/C19H20N2O4/c1-3-24-19(23)16-9-11-17(12-10-16)25-13-18(22)21-20-14(2)15-7-5-4-6-8-15/h4-12H,3,13H2,1-2H3,(H,21,22). The highest BCUT2D eigenvalue weighted by Gasteiger charge is 2.07. The number of esters is 1. The number of hydrazone groups is 1. The maximum absolute atomic E-state index is 11.8. The number of hydrogen-bond acceptors (Lipinski definition) is 5. The molecule has 6 heteroatoms. The third-order valence-electron chi connectivity index (χ3n) is 3.28. The van der Waals surface area contributed by atoms with Crippen molar-refractivity contribution in [2.45, 2.75) is 13.8 Å². The molecule has 0 unspecified atom stereocenters. The fourth-order valence-electron chi connectivity index (χ4n) is 1.97. The zero-order valence-electron chi connectivity index (χ0n) is 14.2. The number of ether oxygens (including phenoxy) is 2. The van der Waals surface area contributed by atoms with Crippen LogP contribution >= 0.6 is 0 Å². The summed E-state index contributed by atoms with van der Waals surface area (Å²) in [4.78, 5) is 23.3. The molecule has 0 aliphatic carbocycles. The Balaban J connectivity index is 1.83. The SMILES string of the molecule is CCOC(=O)c1ccc(OCC(=O)NN=C(C)c2ccccc2)cc1. The summed E-state index contributed by atoms with van der Waals surface area (Å²) in [7, 11) is 0. The molecular weight excluding hydrogens is 320 g/mol. The van der Waals surface area contributed by atoms with Crippen molar-refractivity contribution in [3.8, 4) is 5.75 Å². The number of hydrogen-bond donors (Lipinski definition) is 1. The zero-order chi connectivity index (χ0) is 18.1. The molecule has 2 rings (SSSR count). The first-order valence-corrected chi connectivity index (χ1v) is 7.88. The zero-order valence-corrected chi connectivity index (χ0v) is 14.2. The van der Waals surface area contributed by atoms with Crippen molar-refractivity contribution in [1.29, 1.82) is 0 Å². The molecule has 0 saturated heterocycles. The average Bonchev–Trinajstić information content (AvgIpc) is 2.65. The van der Waals surface area contributed by atoms with E-state index in [-0.39, 0.29) is 12.5 Å². The lowest BCUT2D eigenvalue weighted by molar-refractivity contribution is -0.123. The van der Waals surface area contributed by atoms with Gasteiger partial charge < -0.3 is 9.47 Å². The molecule has 0 aliphatic rings. The molecule has 0 aliphatic heterocycles. The molecule has 1 N–H and O–H groups in total. The second-order valence-electron chi connectivity index (χ2n) is 5.13. The van der Waals surface area contributed by atoms with E-state index < -0.39 is 5.97 Å². The lowest BCUT2D eigenvalue weighted by Gasteiger charge is -2.07. The second kappa shape index (κ2) is 9.22. The van der Waals surface area contributed by atoms with Gasteiger partial charge in [-0.25, -0.2) is 10.2 Å². The van der Waals surface area contributed by atoms with Gasteiger partial charge in [0.25, 0.3) is 5.91 Å². The number of benzene rings is 2. The molecule has 2 aromatic rings. The molecule has 0 atom stereocenters. The summed E-state index contributed by atoms with van der Waals surface area (Å²) in [5.74, 6) is -0.283. The predicted octanol–water partition coefficient (Wildman–Crippen LogP) is 2.78. The van der Waals surface area contributed by atoms with Gasteiger partial charge in [-0.2, -0.15) is 5.10 Å². The van der Waals surface area contributed by atoms with Gasteiger partial charge in [0.15, 0.2) is 6.61 Å². The van der Waals surface area contributed by atoms with E-state index in [2.05, 4.69) is 10.5 Å². The van der Waals surface area contributed by atoms with E-state index in [9.17, 15) is 9.59 Å². The quantitative estimate of drug-likeness (QED) is 0.478. The van der Waals surface area contributed by atoms with Gasteiger partial charge in [0.1, 0.15) is 5.75 Å². The van der Waals surface area contributed by atoms with Gasteiger partial charge in [-0.15, -0.1) is 0 Å². The largest absolute Gasteiger partial charge is 0.484 e. The maximum atomic E-state index is 11.8. The van der Waals surface area contributed by atoms with Crippen LogP contribution < -0.4 is 10.2 Å². The number of rotatable bonds is 7. The second-order valence-corrected chi connectivity index (χ2v) is 5.13. The molecule has 2 aromatic carbocycles. The normalized spacial score (nSPS) is 10.9. The first-order valence-electron chi connectivity index (χ1n) is 7.88. The molecule has 0 radical (unpaired) electrons. The monoisotopic (exact) mass is 340 g/mol. The average molecular weight is 340 g/mol. The van der Waals surface area contributed by atoms with Gasteiger partial charge in [-0.3, -0.25) is 4.79 Å². The van der Waals surface area contributed by atoms with Crippen LogP contribution in [0.25, 0.3) is 0 Å². The van der Waals surface area contributed by atoms with E-state index in [1.807, 2.05) is 37.3 Å². The van der Waals surface area contributed by atoms with E-state index in [1.54, 1.807) is 31.2 Å². The van der Waals surface area contributed by atoms with E-state index in [0.29, 0.717) is 23.6 Å². The summed E-state index contributed by atoms with van der Waals surface area (Å²) in [6, 6.07) is 15.9. The van der Waals surface area contributed by atoms with Crippen LogP contribution in [0.2, 0.25) is 0 Å². The lowest BCUT2D eigenvalue weighted by atomic mass is 10.1. The predicted molar refractivity (Wildman–Crippen MR) is 94.7 cm³/mol. The Bertz CT molecular complexity index is 740. The summed E-state index contributed by atoms with van der Waals surface area (Å²) in [5.41, 5.74) is 4.51. The van der Waals surface area contributed by atoms with Crippen molar-refractivity contribution < 1.29 is 19.1 Å². The number of nitrogens with one attached hydrogen (secondary N) is 1. The minimum absolute atomic E-state index is 0.176. The molecule has 25 heavy (non-hydrogen) atoms. The minimum Gasteiger partial charge on any atom is -0.484 e. The summed E-state index contributed by atoms with van der Waals surface area (Å²) in [6.45, 7) is 3.70. The van der Waals surface area contributed by atoms with E-state index in [1.165, 1.54) is 0 Å². The molecule has 0 heterocycles. The van der Waals surface area contributed by atoms with Gasteiger partial charge >= 0.3 is 5.97 Å². The highest BCUT2D eigenvalue weighted by atomic mass is 16.5. The Kier molecular flexibility index (Phi) is 6.71. The summed E-state index contributed by atoms with van der Waals surface area (Å²) < 4.78 is 10.3. The Labute approximate surface area is 146 Å². The fraction of sp³-hybridized carbons (Fsp3) is 0.211. The Hall–Kier alpha value is -3.15. The Morgan fingerprint density at radius 2 is 1.68 bits per heavy atom. The summed E-state index contributed by atoms with van der Waals surface area (Å²) in [5, 5.41) is 4.04. The fourth-order valence-corrected chi connectivity index (χ4v) is 1.97. The van der Waals surface area contributed by atoms with E-state index in [0.717, 1.165) is 5.56 Å². The molecule has 0 aromatic heterocycles. The van der Waals surface area contributed by atoms with Crippen LogP contribution in [0.5, 0.6) is 5.75 Å². The van der Waals surface area contributed by atoms with Crippen LogP contribution in [-0.4, -0.2) is 30.8 Å². The highest BCUT2D eigenvalue weighted by molar-refractivity contribution is 5.99. The van der Waals surface area contributed by atoms with Crippen LogP contribution in [0.1, 0.15) is 29.8 Å². The van der Waals surface area contributed by atoms with Gasteiger partial charge in [0.05, 0.1) is 17.9 Å². The Morgan fingerprint density at radius 1 is 1.00 bits per heavy atom. The smallest absolute Gasteiger partial charge is 0.338 e. The molecule has 0 bridgehead atoms. The van der Waals surface area contributed by atoms with Crippen molar-refractivity contribution in [2.24, 2.45) is 5.10 Å². The van der Waals surface area contributed by atoms with Crippen molar-refractivity contribution in [3.63, 3.8) is 0 Å². The van der Waals surface area contributed by atoms with Crippen LogP contribution in [-0.2, 0) is 9.53 Å². The van der Waals surface area contributed by atoms with Gasteiger partial charge in [-0.05, 0) is 43.7 Å². The number of nitrogens with zero attached hydrogens (tertiary/aromatic N) is 1. The first kappa shape index (κ1) is 18.2. The topological polar surface area (TPSA) is 77.0 Å². The van der Waals surface area contributed by atoms with Crippen LogP contribution in [0, 0.1) is 0 Å². The van der Waals surface area contributed by atoms with Gasteiger partial charge in [0.2, 0.25) is 0 Å². The first-order chi connectivity index (χ1) is 12.1. The third kappa shape index (κ3) is 5.76. The van der Waals surface area contributed by atoms with Crippen LogP contribution in [0.3, 0.4) is 0 Å². The van der Waals surface area contributed by atoms with Crippen molar-refractivity contribution in [3.05, 3.63) is 65.7 Å². The maximum Gasteiger partial charge on any atom is 0.338 e. The van der Waals surface area contributed by atoms with Crippen molar-refractivity contribution in [1.82, 2.24) is 5.43 Å². The summed E-state index contributed by atoms with van der Waals surface area (Å²) in [6.07, 6.45) is 0. The number of amides is 1. The molecular formula is C19H20N2O4. The molecule has 130 valence electrons. The van der Waals surface area contributed by atoms with Gasteiger partial charge in [0, 0.05) is 0 Å². The lowest BCUT2D eigenvalue weighted by Crippen LogP contribution is -2.25. The van der Waals surface area contributed by atoms with Crippen molar-refractivity contribution >= 4 is 17.6 Å². The molecule has 0 spiro atoms. The van der Waals surface area contributed by atoms with Crippen LogP contribution in [0.15, 0.2) is 59.7 Å². The Morgan fingerprint density at radius 3 is 2.32 bits per heavy atom. The number of carbonyl (C=O) groups excluding carboxylic acids is 2. The number of carbonyl (C=O) groups is 2. The van der Waals surface area contributed by atoms with Crippen molar-refractivity contribution in [2.75, 3.05) is 13.2 Å². The highest BCUT2D eigenvalue weighted by Crippen LogP contribution is 2.12. The molecule has 1 amide bonds. The summed E-state index contributed by atoms with van der Waals surface area (Å²) >= 11 is 0. The van der Waals surface area contributed by atoms with E-state index in [4.69, 9.17) is 9.47 Å². The van der Waals surface area contributed by atoms with Crippen LogP contribution in [0.4, 0.5) is 0 Å². The molecule has 0 saturated carbocycles. The van der Waals surface area contributed by atoms with Gasteiger partial charge in [-0.1, -0.05) is 30.3 Å². The minimum atomic E-state index is -0.391. The molecule has 0 fully saturated rings. The third-order valence-corrected chi connectivity index (χ3v) is 3.28.